The Balaban J connectivity index is -0.0000000399. The summed E-state index contributed by atoms with van der Waals surface area (Å²) in [6.45, 7) is 18.3. The van der Waals surface area contributed by atoms with Crippen LogP contribution < -0.4 is 0 Å². The summed E-state index contributed by atoms with van der Waals surface area (Å²) >= 11 is 72.1. The van der Waals surface area contributed by atoms with Gasteiger partial charge in [-0.2, -0.15) is 0 Å². The van der Waals surface area contributed by atoms with Crippen LogP contribution in [-0.4, -0.2) is 96.6 Å². The minimum atomic E-state index is -0.750. The number of hydrogen-bond acceptors (Lipinski definition) is 11. The monoisotopic (exact) mass is 1060 g/mol. The number of alkyl halides is 15. The van der Waals surface area contributed by atoms with E-state index in [0.29, 0.717) is 33.0 Å². The molecule has 0 fully saturated rings. The maximum atomic E-state index is 9.82. The molecule has 0 unspecified atom stereocenters. The van der Waals surface area contributed by atoms with Crippen molar-refractivity contribution in [2.24, 2.45) is 0 Å². The predicted molar refractivity (Wildman–Crippen MR) is 226 cm³/mol. The number of carbonyl (C=O) groups is 5. The largest absolute Gasteiger partial charge is 0.466 e. The lowest BCUT2D eigenvalue weighted by atomic mass is 10.8. The van der Waals surface area contributed by atoms with Crippen molar-refractivity contribution in [1.82, 2.24) is 0 Å². The molecule has 0 rings (SSSR count). The summed E-state index contributed by atoms with van der Waals surface area (Å²) in [7, 11) is 1.00. The molecule has 324 valence electrons. The van der Waals surface area contributed by atoms with Gasteiger partial charge in [-0.15, -0.1) is 0 Å². The second kappa shape index (κ2) is 81.0. The number of aliphatic hydroxyl groups is 1. The molecule has 0 amide bonds. The number of carbonyl (C=O) groups excluding carboxylic acids is 5. The molecule has 0 aliphatic heterocycles. The van der Waals surface area contributed by atoms with Crippen molar-refractivity contribution in [1.29, 1.82) is 0 Å². The van der Waals surface area contributed by atoms with E-state index in [4.69, 9.17) is 179 Å². The van der Waals surface area contributed by atoms with Gasteiger partial charge in [0.05, 0.1) is 33.0 Å². The number of esters is 5. The number of aliphatic hydroxyl groups excluding tert-OH is 1. The fourth-order valence-corrected chi connectivity index (χ4v) is 1.02. The van der Waals surface area contributed by atoms with Crippen LogP contribution in [0.25, 0.3) is 0 Å². The maximum Gasteiger partial charge on any atom is 0.302 e. The summed E-state index contributed by atoms with van der Waals surface area (Å²) in [6, 6.07) is 0. The average molecular weight is 1070 g/mol. The molecule has 0 saturated carbocycles. The van der Waals surface area contributed by atoms with Crippen LogP contribution in [0, 0.1) is 0 Å². The van der Waals surface area contributed by atoms with Gasteiger partial charge in [-0.25, -0.2) is 0 Å². The van der Waals surface area contributed by atoms with E-state index in [-0.39, 0.29) is 29.8 Å². The molecule has 0 aromatic rings. The Morgan fingerprint density at radius 1 is 0.327 bits per heavy atom. The molecule has 0 heterocycles. The first-order valence-corrected chi connectivity index (χ1v) is 19.8. The standard InChI is InChI=1S/5C4H8O2.5CHCl3.CH4O/c5*1-3-6-4(2)5;5*2-1(3)4;1-2/h5*3H2,1-2H3;5*1H;2H,1H3. The van der Waals surface area contributed by atoms with E-state index in [1.54, 1.807) is 34.6 Å². The quantitative estimate of drug-likeness (QED) is 0.159. The second-order valence-electron chi connectivity index (χ2n) is 5.86. The van der Waals surface area contributed by atoms with Gasteiger partial charge in [0.2, 0.25) is 0 Å². The van der Waals surface area contributed by atoms with Gasteiger partial charge in [0.1, 0.15) is 0 Å². The van der Waals surface area contributed by atoms with Gasteiger partial charge in [0.15, 0.2) is 21.5 Å². The van der Waals surface area contributed by atoms with Crippen LogP contribution >= 0.6 is 174 Å². The third-order valence-electron chi connectivity index (χ3n) is 1.74. The van der Waals surface area contributed by atoms with Gasteiger partial charge in [0, 0.05) is 41.7 Å². The van der Waals surface area contributed by atoms with Gasteiger partial charge in [-0.3, -0.25) is 24.0 Å². The summed E-state index contributed by atoms with van der Waals surface area (Å²) in [5, 5.41) is 7.00. The molecular weight excluding hydrogens is 1020 g/mol. The van der Waals surface area contributed by atoms with Crippen molar-refractivity contribution in [3.8, 4) is 0 Å². The Kier molecular flexibility index (Phi) is 127. The fourth-order valence-electron chi connectivity index (χ4n) is 1.02. The van der Waals surface area contributed by atoms with Crippen LogP contribution in [0.1, 0.15) is 69.2 Å². The molecular formula is C26H49Cl15O11. The molecule has 26 heteroatoms. The number of rotatable bonds is 5. The van der Waals surface area contributed by atoms with Crippen LogP contribution in [0.4, 0.5) is 0 Å². The lowest BCUT2D eigenvalue weighted by Gasteiger charge is -1.89. The van der Waals surface area contributed by atoms with E-state index in [1.165, 1.54) is 34.6 Å². The Hall–Kier alpha value is 1.66. The first-order chi connectivity index (χ1) is 23.5. The Morgan fingerprint density at radius 3 is 0.385 bits per heavy atom. The van der Waals surface area contributed by atoms with Crippen molar-refractivity contribution < 1.29 is 52.8 Å². The normalized spacial score (nSPS) is 8.00. The second-order valence-corrected chi connectivity index (χ2v) is 15.8. The zero-order valence-electron chi connectivity index (χ0n) is 30.1. The molecule has 11 nitrogen and oxygen atoms in total. The van der Waals surface area contributed by atoms with E-state index in [9.17, 15) is 24.0 Å². The zero-order valence-corrected chi connectivity index (χ0v) is 41.5. The zero-order chi connectivity index (χ0) is 44.8. The van der Waals surface area contributed by atoms with E-state index < -0.39 is 21.5 Å². The van der Waals surface area contributed by atoms with E-state index in [0.717, 1.165) is 7.11 Å². The van der Waals surface area contributed by atoms with Crippen LogP contribution in [0.3, 0.4) is 0 Å². The first-order valence-electron chi connectivity index (χ1n) is 13.2. The predicted octanol–water partition coefficient (Wildman–Crippen LogP) is 12.4. The van der Waals surface area contributed by atoms with E-state index in [1.807, 2.05) is 0 Å². The highest BCUT2D eigenvalue weighted by Crippen LogP contribution is 2.05. The SMILES string of the molecule is CCOC(C)=O.CCOC(C)=O.CCOC(C)=O.CCOC(C)=O.CCOC(C)=O.CO.ClC(Cl)Cl.ClC(Cl)Cl.ClC(Cl)Cl.ClC(Cl)Cl.ClC(Cl)Cl. The van der Waals surface area contributed by atoms with Gasteiger partial charge in [-0.1, -0.05) is 174 Å². The fraction of sp³-hybridized carbons (Fsp3) is 0.808. The van der Waals surface area contributed by atoms with Crippen LogP contribution in [0.15, 0.2) is 0 Å². The summed E-state index contributed by atoms with van der Waals surface area (Å²) in [6.07, 6.45) is 0. The van der Waals surface area contributed by atoms with Crippen molar-refractivity contribution in [2.45, 2.75) is 90.7 Å². The summed E-state index contributed by atoms with van der Waals surface area (Å²) in [5.74, 6) is -1.05. The molecule has 0 aliphatic rings. The lowest BCUT2D eigenvalue weighted by molar-refractivity contribution is -0.141. The Labute approximate surface area is 384 Å². The molecule has 0 saturated heterocycles. The molecule has 0 radical (unpaired) electrons. The molecule has 0 aliphatic carbocycles. The highest BCUT2D eigenvalue weighted by Gasteiger charge is 1.84. The summed E-state index contributed by atoms with van der Waals surface area (Å²) in [5.41, 5.74) is 0. The Morgan fingerprint density at radius 2 is 0.385 bits per heavy atom. The topological polar surface area (TPSA) is 152 Å². The minimum absolute atomic E-state index is 0.211. The Bertz CT molecular complexity index is 542. The molecule has 0 spiro atoms. The molecule has 0 aromatic carbocycles. The lowest BCUT2D eigenvalue weighted by Crippen LogP contribution is -1.95. The van der Waals surface area contributed by atoms with Gasteiger partial charge >= 0.3 is 29.8 Å². The molecule has 1 N–H and O–H groups in total. The van der Waals surface area contributed by atoms with E-state index in [2.05, 4.69) is 23.7 Å². The number of halogens is 15. The minimum Gasteiger partial charge on any atom is -0.466 e. The van der Waals surface area contributed by atoms with Crippen LogP contribution in [0.5, 0.6) is 0 Å². The van der Waals surface area contributed by atoms with Crippen molar-refractivity contribution >= 4 is 204 Å². The number of ether oxygens (including phenoxy) is 5. The molecule has 0 aromatic heterocycles. The summed E-state index contributed by atoms with van der Waals surface area (Å²) < 4.78 is 18.3. The molecule has 52 heavy (non-hydrogen) atoms. The summed E-state index contributed by atoms with van der Waals surface area (Å²) in [4.78, 5) is 49.1. The average Bonchev–Trinajstić information content (AvgIpc) is 2.89. The van der Waals surface area contributed by atoms with Gasteiger partial charge in [0.25, 0.3) is 0 Å². The highest BCUT2D eigenvalue weighted by atomic mass is 35.6. The van der Waals surface area contributed by atoms with E-state index >= 15 is 0 Å². The smallest absolute Gasteiger partial charge is 0.302 e. The number of hydrogen-bond donors (Lipinski definition) is 1. The van der Waals surface area contributed by atoms with Crippen molar-refractivity contribution in [2.75, 3.05) is 40.1 Å². The van der Waals surface area contributed by atoms with Crippen molar-refractivity contribution in [3.63, 3.8) is 0 Å². The van der Waals surface area contributed by atoms with Gasteiger partial charge in [-0.05, 0) is 34.6 Å². The first kappa shape index (κ1) is 81.8. The van der Waals surface area contributed by atoms with Crippen LogP contribution in [-0.2, 0) is 47.7 Å². The maximum absolute atomic E-state index is 9.82. The molecule has 0 bridgehead atoms. The highest BCUT2D eigenvalue weighted by molar-refractivity contribution is 6.64. The third-order valence-corrected chi connectivity index (χ3v) is 1.74. The molecule has 0 atom stereocenters. The van der Waals surface area contributed by atoms with Crippen LogP contribution in [0.2, 0.25) is 0 Å². The third kappa shape index (κ3) is 478. The van der Waals surface area contributed by atoms with Gasteiger partial charge < -0.3 is 28.8 Å². The van der Waals surface area contributed by atoms with Crippen molar-refractivity contribution in [3.05, 3.63) is 0 Å².